The average Bonchev–Trinajstić information content (AvgIpc) is 2.91. The van der Waals surface area contributed by atoms with Gasteiger partial charge in [0.1, 0.15) is 12.9 Å². The topological polar surface area (TPSA) is 52.0 Å². The van der Waals surface area contributed by atoms with Gasteiger partial charge in [0.05, 0.1) is 0 Å². The minimum Gasteiger partial charge on any atom is -0.482 e. The van der Waals surface area contributed by atoms with Crippen LogP contribution in [-0.2, 0) is 19.7 Å². The lowest BCUT2D eigenvalue weighted by molar-refractivity contribution is 0.269. The molecule has 1 N–H and O–H groups in total. The van der Waals surface area contributed by atoms with Crippen LogP contribution in [-0.4, -0.2) is 20.8 Å². The lowest BCUT2D eigenvalue weighted by Gasteiger charge is -2.14. The van der Waals surface area contributed by atoms with E-state index in [4.69, 9.17) is 4.74 Å². The van der Waals surface area contributed by atoms with Gasteiger partial charge in [0.15, 0.2) is 17.4 Å². The Balaban J connectivity index is 2.11. The summed E-state index contributed by atoms with van der Waals surface area (Å²) in [6, 6.07) is 5.27. The lowest BCUT2D eigenvalue weighted by Crippen LogP contribution is -2.22. The molecule has 0 radical (unpaired) electrons. The number of nitrogens with zero attached hydrogens (tertiary/aromatic N) is 3. The molecule has 114 valence electrons. The zero-order valence-electron chi connectivity index (χ0n) is 12.6. The van der Waals surface area contributed by atoms with Crippen LogP contribution in [0.5, 0.6) is 5.75 Å². The summed E-state index contributed by atoms with van der Waals surface area (Å²) >= 11 is 0. The quantitative estimate of drug-likeness (QED) is 0.852. The molecule has 0 aliphatic heterocycles. The van der Waals surface area contributed by atoms with Gasteiger partial charge in [-0.3, -0.25) is 0 Å². The molecule has 21 heavy (non-hydrogen) atoms. The zero-order valence-corrected chi connectivity index (χ0v) is 12.6. The molecule has 0 bridgehead atoms. The summed E-state index contributed by atoms with van der Waals surface area (Å²) in [6.45, 7) is 7.53. The van der Waals surface area contributed by atoms with Crippen molar-refractivity contribution in [2.75, 3.05) is 0 Å². The Labute approximate surface area is 124 Å². The van der Waals surface area contributed by atoms with Gasteiger partial charge in [0.25, 0.3) is 0 Å². The van der Waals surface area contributed by atoms with Crippen molar-refractivity contribution in [1.82, 2.24) is 20.1 Å². The van der Waals surface area contributed by atoms with E-state index in [0.29, 0.717) is 25.0 Å². The van der Waals surface area contributed by atoms with Crippen molar-refractivity contribution in [1.29, 1.82) is 0 Å². The first-order valence-corrected chi connectivity index (χ1v) is 7.12. The molecule has 0 atom stereocenters. The molecule has 0 saturated carbocycles. The van der Waals surface area contributed by atoms with Gasteiger partial charge >= 0.3 is 0 Å². The number of hydrogen-bond acceptors (Lipinski definition) is 4. The second kappa shape index (κ2) is 7.17. The van der Waals surface area contributed by atoms with Crippen LogP contribution in [0.2, 0.25) is 0 Å². The zero-order chi connectivity index (χ0) is 15.2. The molecular weight excluding hydrogens is 271 g/mol. The van der Waals surface area contributed by atoms with E-state index >= 15 is 0 Å². The van der Waals surface area contributed by atoms with Gasteiger partial charge in [-0.05, 0) is 13.0 Å². The van der Waals surface area contributed by atoms with Crippen LogP contribution in [0.15, 0.2) is 24.5 Å². The lowest BCUT2D eigenvalue weighted by atomic mass is 10.2. The van der Waals surface area contributed by atoms with Crippen LogP contribution in [0.4, 0.5) is 4.39 Å². The van der Waals surface area contributed by atoms with Crippen LogP contribution >= 0.6 is 0 Å². The Morgan fingerprint density at radius 3 is 2.90 bits per heavy atom. The normalized spacial score (nSPS) is 11.1. The maximum Gasteiger partial charge on any atom is 0.165 e. The van der Waals surface area contributed by atoms with E-state index < -0.39 is 0 Å². The molecule has 0 aliphatic carbocycles. The van der Waals surface area contributed by atoms with E-state index in [9.17, 15) is 4.39 Å². The molecule has 1 aromatic heterocycles. The summed E-state index contributed by atoms with van der Waals surface area (Å²) in [7, 11) is 0. The van der Waals surface area contributed by atoms with Gasteiger partial charge in [-0.1, -0.05) is 26.0 Å². The summed E-state index contributed by atoms with van der Waals surface area (Å²) < 4.78 is 21.4. The van der Waals surface area contributed by atoms with Crippen LogP contribution in [0.1, 0.15) is 32.2 Å². The Hall–Kier alpha value is -1.95. The Bertz CT molecular complexity index is 583. The molecule has 2 rings (SSSR count). The van der Waals surface area contributed by atoms with Crippen molar-refractivity contribution < 1.29 is 9.13 Å². The van der Waals surface area contributed by atoms with E-state index in [0.717, 1.165) is 5.56 Å². The van der Waals surface area contributed by atoms with Crippen molar-refractivity contribution >= 4 is 0 Å². The predicted molar refractivity (Wildman–Crippen MR) is 78.4 cm³/mol. The van der Waals surface area contributed by atoms with E-state index in [1.807, 2.05) is 26.8 Å². The number of para-hydroxylation sites is 1. The molecule has 0 aliphatic rings. The highest BCUT2D eigenvalue weighted by Gasteiger charge is 2.12. The van der Waals surface area contributed by atoms with Crippen molar-refractivity contribution in [3.63, 3.8) is 0 Å². The maximum atomic E-state index is 14.0. The molecule has 1 aromatic carbocycles. The number of benzene rings is 1. The highest BCUT2D eigenvalue weighted by Crippen LogP contribution is 2.23. The van der Waals surface area contributed by atoms with Crippen molar-refractivity contribution in [3.05, 3.63) is 41.7 Å². The third-order valence-electron chi connectivity index (χ3n) is 3.09. The molecular formula is C15H21FN4O. The van der Waals surface area contributed by atoms with Crippen LogP contribution in [0.3, 0.4) is 0 Å². The van der Waals surface area contributed by atoms with Gasteiger partial charge in [0.2, 0.25) is 0 Å². The molecule has 2 aromatic rings. The van der Waals surface area contributed by atoms with Crippen molar-refractivity contribution in [3.8, 4) is 5.75 Å². The predicted octanol–water partition coefficient (Wildman–Crippen LogP) is 2.51. The molecule has 0 saturated heterocycles. The monoisotopic (exact) mass is 292 g/mol. The first-order valence-electron chi connectivity index (χ1n) is 7.12. The van der Waals surface area contributed by atoms with Crippen LogP contribution in [0, 0.1) is 5.82 Å². The SMILES string of the molecule is CCn1ncnc1COc1c(F)cccc1CNC(C)C. The van der Waals surface area contributed by atoms with Gasteiger partial charge in [-0.15, -0.1) is 0 Å². The van der Waals surface area contributed by atoms with Crippen molar-refractivity contribution in [2.45, 2.75) is 46.5 Å². The summed E-state index contributed by atoms with van der Waals surface area (Å²) in [4.78, 5) is 4.12. The van der Waals surface area contributed by atoms with Crippen LogP contribution in [0.25, 0.3) is 0 Å². The number of halogens is 1. The fourth-order valence-corrected chi connectivity index (χ4v) is 1.97. The molecule has 6 heteroatoms. The first-order chi connectivity index (χ1) is 10.1. The first kappa shape index (κ1) is 15.4. The Morgan fingerprint density at radius 1 is 1.38 bits per heavy atom. The number of rotatable bonds is 7. The number of nitrogens with one attached hydrogen (secondary N) is 1. The summed E-state index contributed by atoms with van der Waals surface area (Å²) in [5, 5.41) is 7.34. The fourth-order valence-electron chi connectivity index (χ4n) is 1.97. The number of aryl methyl sites for hydroxylation is 1. The van der Waals surface area contributed by atoms with Gasteiger partial charge in [0, 0.05) is 24.7 Å². The van der Waals surface area contributed by atoms with E-state index in [2.05, 4.69) is 15.4 Å². The Kier molecular flexibility index (Phi) is 5.27. The summed E-state index contributed by atoms with van der Waals surface area (Å²) in [5.74, 6) is 0.598. The van der Waals surface area contributed by atoms with E-state index in [1.54, 1.807) is 10.7 Å². The third kappa shape index (κ3) is 4.01. The second-order valence-corrected chi connectivity index (χ2v) is 5.04. The highest BCUT2D eigenvalue weighted by atomic mass is 19.1. The molecule has 0 spiro atoms. The standard InChI is InChI=1S/C15H21FN4O/c1-4-20-14(18-10-19-20)9-21-15-12(8-17-11(2)3)6-5-7-13(15)16/h5-7,10-11,17H,4,8-9H2,1-3H3. The second-order valence-electron chi connectivity index (χ2n) is 5.04. The van der Waals surface area contributed by atoms with Crippen LogP contribution < -0.4 is 10.1 Å². The minimum absolute atomic E-state index is 0.198. The van der Waals surface area contributed by atoms with Crippen molar-refractivity contribution in [2.24, 2.45) is 0 Å². The fraction of sp³-hybridized carbons (Fsp3) is 0.467. The molecule has 0 amide bonds. The highest BCUT2D eigenvalue weighted by molar-refractivity contribution is 5.35. The molecule has 1 heterocycles. The number of aromatic nitrogens is 3. The third-order valence-corrected chi connectivity index (χ3v) is 3.09. The minimum atomic E-state index is -0.361. The summed E-state index contributed by atoms with van der Waals surface area (Å²) in [5.41, 5.74) is 0.797. The average molecular weight is 292 g/mol. The smallest absolute Gasteiger partial charge is 0.165 e. The van der Waals surface area contributed by atoms with Gasteiger partial charge in [-0.25, -0.2) is 14.1 Å². The van der Waals surface area contributed by atoms with E-state index in [1.165, 1.54) is 12.4 Å². The number of ether oxygens (including phenoxy) is 1. The molecule has 5 nitrogen and oxygen atoms in total. The summed E-state index contributed by atoms with van der Waals surface area (Å²) in [6.07, 6.45) is 1.48. The van der Waals surface area contributed by atoms with Gasteiger partial charge in [-0.2, -0.15) is 5.10 Å². The number of hydrogen-bond donors (Lipinski definition) is 1. The Morgan fingerprint density at radius 2 is 2.19 bits per heavy atom. The molecule has 0 unspecified atom stereocenters. The van der Waals surface area contributed by atoms with E-state index in [-0.39, 0.29) is 18.2 Å². The maximum absolute atomic E-state index is 14.0. The van der Waals surface area contributed by atoms with Gasteiger partial charge < -0.3 is 10.1 Å². The molecule has 0 fully saturated rings. The largest absolute Gasteiger partial charge is 0.482 e.